The first-order chi connectivity index (χ1) is 15.8. The average molecular weight is 453 g/mol. The van der Waals surface area contributed by atoms with E-state index in [4.69, 9.17) is 14.2 Å². The number of benzene rings is 2. The average Bonchev–Trinajstić information content (AvgIpc) is 3.16. The van der Waals surface area contributed by atoms with Crippen LogP contribution in [0.5, 0.6) is 17.2 Å². The molecule has 174 valence electrons. The van der Waals surface area contributed by atoms with Crippen LogP contribution < -0.4 is 14.2 Å². The van der Waals surface area contributed by atoms with E-state index in [2.05, 4.69) is 4.74 Å². The fourth-order valence-corrected chi connectivity index (χ4v) is 3.61. The number of likely N-dealkylation sites (N-methyl/N-ethyl adjacent to an activating group) is 1. The highest BCUT2D eigenvalue weighted by atomic mass is 16.5. The normalized spacial score (nSPS) is 11.0. The van der Waals surface area contributed by atoms with Gasteiger partial charge in [0.1, 0.15) is 6.54 Å². The SMILES string of the molecule is COC(=O)CN(C)C(=O)c1cn(C)c2ccc(/C=C\c3cc(OC)c(OC)c(OC)c3)cc12. The zero-order valence-corrected chi connectivity index (χ0v) is 19.7. The fraction of sp³-hybridized carbons (Fsp3) is 0.280. The van der Waals surface area contributed by atoms with Crippen LogP contribution in [0.4, 0.5) is 0 Å². The minimum absolute atomic E-state index is 0.119. The monoisotopic (exact) mass is 452 g/mol. The van der Waals surface area contributed by atoms with E-state index >= 15 is 0 Å². The van der Waals surface area contributed by atoms with E-state index < -0.39 is 5.97 Å². The van der Waals surface area contributed by atoms with Crippen molar-refractivity contribution in [1.29, 1.82) is 0 Å². The lowest BCUT2D eigenvalue weighted by Crippen LogP contribution is -2.32. The van der Waals surface area contributed by atoms with Crippen LogP contribution in [0.1, 0.15) is 21.5 Å². The molecule has 2 aromatic carbocycles. The van der Waals surface area contributed by atoms with Gasteiger partial charge in [0.2, 0.25) is 5.75 Å². The van der Waals surface area contributed by atoms with Crippen molar-refractivity contribution in [1.82, 2.24) is 9.47 Å². The molecule has 0 atom stereocenters. The first kappa shape index (κ1) is 23.7. The largest absolute Gasteiger partial charge is 0.493 e. The third-order valence-corrected chi connectivity index (χ3v) is 5.34. The number of rotatable bonds is 8. The predicted octanol–water partition coefficient (Wildman–Crippen LogP) is 3.62. The van der Waals surface area contributed by atoms with Gasteiger partial charge in [-0.2, -0.15) is 0 Å². The number of fused-ring (bicyclic) bond motifs is 1. The lowest BCUT2D eigenvalue weighted by Gasteiger charge is -2.15. The summed E-state index contributed by atoms with van der Waals surface area (Å²) in [5.74, 6) is 0.937. The van der Waals surface area contributed by atoms with E-state index in [0.29, 0.717) is 22.8 Å². The summed E-state index contributed by atoms with van der Waals surface area (Å²) in [4.78, 5) is 25.9. The zero-order valence-electron chi connectivity index (χ0n) is 19.7. The maximum Gasteiger partial charge on any atom is 0.325 e. The smallest absolute Gasteiger partial charge is 0.325 e. The van der Waals surface area contributed by atoms with Crippen molar-refractivity contribution in [2.24, 2.45) is 7.05 Å². The quantitative estimate of drug-likeness (QED) is 0.384. The van der Waals surface area contributed by atoms with Crippen LogP contribution in [-0.2, 0) is 16.6 Å². The van der Waals surface area contributed by atoms with Crippen molar-refractivity contribution in [3.63, 3.8) is 0 Å². The van der Waals surface area contributed by atoms with Gasteiger partial charge in [-0.15, -0.1) is 0 Å². The summed E-state index contributed by atoms with van der Waals surface area (Å²) < 4.78 is 22.8. The number of amides is 1. The van der Waals surface area contributed by atoms with Gasteiger partial charge in [0.05, 0.1) is 34.0 Å². The number of aromatic nitrogens is 1. The highest BCUT2D eigenvalue weighted by Crippen LogP contribution is 2.38. The van der Waals surface area contributed by atoms with Crippen LogP contribution in [0.2, 0.25) is 0 Å². The first-order valence-corrected chi connectivity index (χ1v) is 10.2. The Bertz CT molecular complexity index is 1190. The van der Waals surface area contributed by atoms with Crippen molar-refractivity contribution in [3.05, 3.63) is 53.2 Å². The van der Waals surface area contributed by atoms with Gasteiger partial charge in [-0.3, -0.25) is 9.59 Å². The summed E-state index contributed by atoms with van der Waals surface area (Å²) in [5, 5.41) is 0.797. The number of carbonyl (C=O) groups excluding carboxylic acids is 2. The Morgan fingerprint density at radius 1 is 0.939 bits per heavy atom. The first-order valence-electron chi connectivity index (χ1n) is 10.2. The van der Waals surface area contributed by atoms with Gasteiger partial charge in [-0.25, -0.2) is 0 Å². The number of esters is 1. The highest BCUT2D eigenvalue weighted by Gasteiger charge is 2.20. The third kappa shape index (κ3) is 4.95. The molecule has 1 aromatic heterocycles. The van der Waals surface area contributed by atoms with Gasteiger partial charge in [-0.05, 0) is 35.4 Å². The number of hydrogen-bond donors (Lipinski definition) is 0. The molecule has 0 saturated carbocycles. The van der Waals surface area contributed by atoms with Crippen LogP contribution in [0, 0.1) is 0 Å². The molecule has 0 radical (unpaired) electrons. The molecule has 0 fully saturated rings. The van der Waals surface area contributed by atoms with E-state index in [1.165, 1.54) is 12.0 Å². The molecule has 3 rings (SSSR count). The number of methoxy groups -OCH3 is 4. The van der Waals surface area contributed by atoms with E-state index in [-0.39, 0.29) is 12.5 Å². The summed E-state index contributed by atoms with van der Waals surface area (Å²) in [5.41, 5.74) is 3.20. The summed E-state index contributed by atoms with van der Waals surface area (Å²) >= 11 is 0. The predicted molar refractivity (Wildman–Crippen MR) is 127 cm³/mol. The third-order valence-electron chi connectivity index (χ3n) is 5.34. The van der Waals surface area contributed by atoms with E-state index in [0.717, 1.165) is 22.0 Å². The Hall–Kier alpha value is -3.94. The van der Waals surface area contributed by atoms with Crippen molar-refractivity contribution < 1.29 is 28.5 Å². The lowest BCUT2D eigenvalue weighted by atomic mass is 10.1. The van der Waals surface area contributed by atoms with Crippen LogP contribution in [-0.4, -0.2) is 63.4 Å². The Morgan fingerprint density at radius 3 is 2.15 bits per heavy atom. The molecule has 0 aliphatic heterocycles. The number of ether oxygens (including phenoxy) is 4. The second kappa shape index (κ2) is 10.1. The van der Waals surface area contributed by atoms with Gasteiger partial charge in [0.15, 0.2) is 11.5 Å². The lowest BCUT2D eigenvalue weighted by molar-refractivity contribution is -0.141. The molecule has 0 saturated heterocycles. The van der Waals surface area contributed by atoms with Crippen molar-refractivity contribution >= 4 is 34.9 Å². The number of carbonyl (C=O) groups is 2. The number of hydrogen-bond acceptors (Lipinski definition) is 6. The molecule has 0 bridgehead atoms. The molecular weight excluding hydrogens is 424 g/mol. The van der Waals surface area contributed by atoms with Crippen molar-refractivity contribution in [2.75, 3.05) is 42.0 Å². The van der Waals surface area contributed by atoms with Gasteiger partial charge < -0.3 is 28.4 Å². The molecular formula is C25H28N2O6. The van der Waals surface area contributed by atoms with Crippen molar-refractivity contribution in [3.8, 4) is 17.2 Å². The minimum Gasteiger partial charge on any atom is -0.493 e. The van der Waals surface area contributed by atoms with Crippen LogP contribution >= 0.6 is 0 Å². The zero-order chi connectivity index (χ0) is 24.1. The molecule has 0 aliphatic carbocycles. The fourth-order valence-electron chi connectivity index (χ4n) is 3.61. The molecule has 1 amide bonds. The molecule has 8 nitrogen and oxygen atoms in total. The van der Waals surface area contributed by atoms with Crippen LogP contribution in [0.25, 0.3) is 23.1 Å². The molecule has 8 heteroatoms. The maximum atomic E-state index is 13.0. The summed E-state index contributed by atoms with van der Waals surface area (Å²) in [6, 6.07) is 9.60. The summed E-state index contributed by atoms with van der Waals surface area (Å²) in [7, 11) is 9.46. The van der Waals surface area contributed by atoms with E-state index in [9.17, 15) is 9.59 Å². The van der Waals surface area contributed by atoms with Gasteiger partial charge >= 0.3 is 5.97 Å². The second-order valence-electron chi connectivity index (χ2n) is 7.46. The summed E-state index contributed by atoms with van der Waals surface area (Å²) in [6.07, 6.45) is 5.65. The Labute approximate surface area is 192 Å². The summed E-state index contributed by atoms with van der Waals surface area (Å²) in [6.45, 7) is -0.119. The van der Waals surface area contributed by atoms with Crippen LogP contribution in [0.15, 0.2) is 36.5 Å². The van der Waals surface area contributed by atoms with Gasteiger partial charge in [0.25, 0.3) is 5.91 Å². The molecule has 0 aliphatic rings. The molecule has 33 heavy (non-hydrogen) atoms. The van der Waals surface area contributed by atoms with Gasteiger partial charge in [-0.1, -0.05) is 18.2 Å². The standard InChI is InChI=1S/C25H28N2O6/c1-26-14-19(25(29)27(2)15-23(28)32-5)18-11-16(9-10-20(18)26)7-8-17-12-21(30-3)24(33-6)22(13-17)31-4/h7-14H,15H2,1-6H3/b8-7-. The van der Waals surface area contributed by atoms with Gasteiger partial charge in [0, 0.05) is 31.2 Å². The highest BCUT2D eigenvalue weighted by molar-refractivity contribution is 6.08. The number of aryl methyl sites for hydroxylation is 1. The molecule has 1 heterocycles. The molecule has 0 N–H and O–H groups in total. The topological polar surface area (TPSA) is 79.2 Å². The molecule has 0 spiro atoms. The van der Waals surface area contributed by atoms with E-state index in [1.54, 1.807) is 34.6 Å². The maximum absolute atomic E-state index is 13.0. The van der Waals surface area contributed by atoms with E-state index in [1.807, 2.05) is 54.1 Å². The Morgan fingerprint density at radius 2 is 1.58 bits per heavy atom. The van der Waals surface area contributed by atoms with Crippen molar-refractivity contribution in [2.45, 2.75) is 0 Å². The number of nitrogens with zero attached hydrogens (tertiary/aromatic N) is 2. The van der Waals surface area contributed by atoms with Crippen LogP contribution in [0.3, 0.4) is 0 Å². The Kier molecular flexibility index (Phi) is 7.27. The molecule has 3 aromatic rings. The Balaban J connectivity index is 1.96. The minimum atomic E-state index is -0.472. The second-order valence-corrected chi connectivity index (χ2v) is 7.46. The molecule has 0 unspecified atom stereocenters.